The lowest BCUT2D eigenvalue weighted by atomic mass is 10.1. The summed E-state index contributed by atoms with van der Waals surface area (Å²) >= 11 is 0. The molecule has 0 amide bonds. The summed E-state index contributed by atoms with van der Waals surface area (Å²) < 4.78 is 56.1. The van der Waals surface area contributed by atoms with Gasteiger partial charge >= 0.3 is 17.9 Å². The first-order valence-corrected chi connectivity index (χ1v) is 22.2. The number of carbonyl (C=O) groups excluding carboxylic acids is 3. The monoisotopic (exact) mass is 862 g/mol. The minimum atomic E-state index is -0.533. The average molecular weight is 863 g/mol. The fraction of sp³-hybridized carbons (Fsp3) is 0.415. The summed E-state index contributed by atoms with van der Waals surface area (Å²) in [5.41, 5.74) is 2.68. The van der Waals surface area contributed by atoms with E-state index in [9.17, 15) is 23.2 Å². The minimum Gasteiger partial charge on any atom is -0.491 e. The van der Waals surface area contributed by atoms with Crippen molar-refractivity contribution < 1.29 is 46.8 Å². The Labute approximate surface area is 372 Å². The van der Waals surface area contributed by atoms with Gasteiger partial charge in [0.2, 0.25) is 0 Å². The van der Waals surface area contributed by atoms with Crippen LogP contribution in [0.3, 0.4) is 0 Å². The molecule has 0 atom stereocenters. The molecule has 0 aromatic heterocycles. The van der Waals surface area contributed by atoms with Gasteiger partial charge in [-0.25, -0.2) is 13.6 Å². The van der Waals surface area contributed by atoms with Crippen LogP contribution in [-0.2, 0) is 19.1 Å². The second-order valence-electron chi connectivity index (χ2n) is 15.3. The molecular formula is C53H60F2O8. The van der Waals surface area contributed by atoms with E-state index in [0.29, 0.717) is 60.0 Å². The highest BCUT2D eigenvalue weighted by Crippen LogP contribution is 2.21. The predicted octanol–water partition coefficient (Wildman–Crippen LogP) is 12.1. The Morgan fingerprint density at radius 1 is 0.429 bits per heavy atom. The van der Waals surface area contributed by atoms with Crippen molar-refractivity contribution in [3.63, 3.8) is 0 Å². The Bertz CT molecular complexity index is 2140. The van der Waals surface area contributed by atoms with Gasteiger partial charge in [0, 0.05) is 36.1 Å². The summed E-state index contributed by atoms with van der Waals surface area (Å²) in [5.74, 6) is 10.8. The van der Waals surface area contributed by atoms with E-state index < -0.39 is 17.6 Å². The van der Waals surface area contributed by atoms with Crippen molar-refractivity contribution in [2.24, 2.45) is 0 Å². The highest BCUT2D eigenvalue weighted by molar-refractivity contribution is 5.91. The maximum absolute atomic E-state index is 14.7. The number of ether oxygens (including phenoxy) is 5. The Morgan fingerprint density at radius 2 is 0.762 bits per heavy atom. The lowest BCUT2D eigenvalue weighted by molar-refractivity contribution is -0.142. The molecule has 0 saturated carbocycles. The van der Waals surface area contributed by atoms with Crippen molar-refractivity contribution in [2.45, 2.75) is 117 Å². The van der Waals surface area contributed by atoms with Crippen molar-refractivity contribution in [3.8, 4) is 40.9 Å². The van der Waals surface area contributed by atoms with Crippen LogP contribution >= 0.6 is 0 Å². The Balaban J connectivity index is 1.11. The first kappa shape index (κ1) is 49.5. The zero-order valence-corrected chi connectivity index (χ0v) is 36.7. The second-order valence-corrected chi connectivity index (χ2v) is 15.3. The molecule has 8 nitrogen and oxygen atoms in total. The van der Waals surface area contributed by atoms with Crippen LogP contribution in [0.15, 0.2) is 84.9 Å². The number of esters is 3. The average Bonchev–Trinajstić information content (AvgIpc) is 3.27. The third-order valence-corrected chi connectivity index (χ3v) is 9.95. The third kappa shape index (κ3) is 21.0. The standard InChI is InChI=1S/C53H60F2O8/c1-41(56)59-35-15-11-7-3-5-9-13-17-37-61-51-33-27-45(39-49(51)54)21-19-43-23-29-47(30-24-43)53(58)63-48-31-25-44(26-32-48)20-22-46-28-34-52(50(55)40-46)62-38-18-14-10-6-4-8-12-16-36-60-42(2)57/h23-34,39-40H,3-18,35-38H2,1-2H3. The summed E-state index contributed by atoms with van der Waals surface area (Å²) in [5, 5.41) is 0. The zero-order valence-electron chi connectivity index (χ0n) is 36.7. The molecule has 0 aliphatic carbocycles. The van der Waals surface area contributed by atoms with Gasteiger partial charge in [-0.15, -0.1) is 0 Å². The molecule has 0 unspecified atom stereocenters. The molecule has 0 aliphatic rings. The molecule has 4 rings (SSSR count). The van der Waals surface area contributed by atoms with Gasteiger partial charge in [0.25, 0.3) is 0 Å². The van der Waals surface area contributed by atoms with Gasteiger partial charge in [0.15, 0.2) is 23.1 Å². The van der Waals surface area contributed by atoms with Crippen LogP contribution in [0.25, 0.3) is 0 Å². The smallest absolute Gasteiger partial charge is 0.343 e. The normalized spacial score (nSPS) is 10.5. The van der Waals surface area contributed by atoms with Gasteiger partial charge in [0.1, 0.15) is 5.75 Å². The van der Waals surface area contributed by atoms with E-state index in [1.54, 1.807) is 72.8 Å². The van der Waals surface area contributed by atoms with Crippen molar-refractivity contribution in [1.82, 2.24) is 0 Å². The molecule has 0 bridgehead atoms. The third-order valence-electron chi connectivity index (χ3n) is 9.95. The van der Waals surface area contributed by atoms with E-state index in [-0.39, 0.29) is 23.4 Å². The fourth-order valence-corrected chi connectivity index (χ4v) is 6.47. The molecule has 0 aliphatic heterocycles. The quantitative estimate of drug-likeness (QED) is 0.0266. The van der Waals surface area contributed by atoms with E-state index >= 15 is 0 Å². The molecule has 0 radical (unpaired) electrons. The number of halogens is 2. The van der Waals surface area contributed by atoms with Crippen LogP contribution in [0.1, 0.15) is 149 Å². The van der Waals surface area contributed by atoms with E-state index in [1.807, 2.05) is 0 Å². The van der Waals surface area contributed by atoms with Crippen LogP contribution in [0.4, 0.5) is 8.78 Å². The molecular weight excluding hydrogens is 803 g/mol. The zero-order chi connectivity index (χ0) is 44.9. The lowest BCUT2D eigenvalue weighted by Gasteiger charge is -2.07. The number of hydrogen-bond acceptors (Lipinski definition) is 8. The number of carbonyl (C=O) groups is 3. The number of benzene rings is 4. The summed E-state index contributed by atoms with van der Waals surface area (Å²) in [6.45, 7) is 4.75. The van der Waals surface area contributed by atoms with Crippen LogP contribution in [0, 0.1) is 35.3 Å². The second kappa shape index (κ2) is 29.2. The fourth-order valence-electron chi connectivity index (χ4n) is 6.47. The van der Waals surface area contributed by atoms with Gasteiger partial charge in [-0.2, -0.15) is 0 Å². The molecule has 334 valence electrons. The maximum Gasteiger partial charge on any atom is 0.343 e. The van der Waals surface area contributed by atoms with Crippen LogP contribution in [-0.4, -0.2) is 44.3 Å². The molecule has 0 fully saturated rings. The highest BCUT2D eigenvalue weighted by atomic mass is 19.1. The number of hydrogen-bond donors (Lipinski definition) is 0. The van der Waals surface area contributed by atoms with Gasteiger partial charge in [-0.3, -0.25) is 9.59 Å². The van der Waals surface area contributed by atoms with Gasteiger partial charge in [-0.1, -0.05) is 101 Å². The predicted molar refractivity (Wildman–Crippen MR) is 241 cm³/mol. The van der Waals surface area contributed by atoms with E-state index in [0.717, 1.165) is 103 Å². The van der Waals surface area contributed by atoms with Gasteiger partial charge < -0.3 is 23.7 Å². The minimum absolute atomic E-state index is 0.204. The van der Waals surface area contributed by atoms with Crippen molar-refractivity contribution >= 4 is 17.9 Å². The summed E-state index contributed by atoms with van der Waals surface area (Å²) in [6, 6.07) is 22.7. The first-order valence-electron chi connectivity index (χ1n) is 22.2. The summed E-state index contributed by atoms with van der Waals surface area (Å²) in [4.78, 5) is 34.4. The van der Waals surface area contributed by atoms with Crippen LogP contribution in [0.2, 0.25) is 0 Å². The topological polar surface area (TPSA) is 97.4 Å². The van der Waals surface area contributed by atoms with Crippen molar-refractivity contribution in [3.05, 3.63) is 124 Å². The first-order chi connectivity index (χ1) is 30.7. The summed E-state index contributed by atoms with van der Waals surface area (Å²) in [7, 11) is 0. The maximum atomic E-state index is 14.7. The molecule has 4 aromatic rings. The van der Waals surface area contributed by atoms with Crippen molar-refractivity contribution in [2.75, 3.05) is 26.4 Å². The van der Waals surface area contributed by atoms with Crippen LogP contribution < -0.4 is 14.2 Å². The summed E-state index contributed by atoms with van der Waals surface area (Å²) in [6.07, 6.45) is 16.7. The van der Waals surface area contributed by atoms with Gasteiger partial charge in [0.05, 0.1) is 32.0 Å². The largest absolute Gasteiger partial charge is 0.491 e. The molecule has 0 spiro atoms. The molecule has 0 heterocycles. The molecule has 0 saturated heterocycles. The van der Waals surface area contributed by atoms with E-state index in [2.05, 4.69) is 23.7 Å². The Kier molecular flexibility index (Phi) is 23.0. The SMILES string of the molecule is CC(=O)OCCCCCCCCCCOc1ccc(C#Cc2ccc(OC(=O)c3ccc(C#Cc4ccc(OCCCCCCCCCCOC(C)=O)c(F)c4)cc3)cc2)cc1F. The van der Waals surface area contributed by atoms with Crippen LogP contribution in [0.5, 0.6) is 17.2 Å². The Hall–Kier alpha value is -6.13. The molecule has 10 heteroatoms. The number of unbranched alkanes of at least 4 members (excludes halogenated alkanes) is 14. The highest BCUT2D eigenvalue weighted by Gasteiger charge is 2.10. The molecule has 4 aromatic carbocycles. The Morgan fingerprint density at radius 3 is 1.14 bits per heavy atom. The van der Waals surface area contributed by atoms with E-state index in [4.69, 9.17) is 23.7 Å². The molecule has 0 N–H and O–H groups in total. The van der Waals surface area contributed by atoms with Gasteiger partial charge in [-0.05, 0) is 111 Å². The van der Waals surface area contributed by atoms with E-state index in [1.165, 1.54) is 26.0 Å². The lowest BCUT2D eigenvalue weighted by Crippen LogP contribution is -2.08. The molecule has 63 heavy (non-hydrogen) atoms. The number of rotatable bonds is 26. The van der Waals surface area contributed by atoms with Crippen molar-refractivity contribution in [1.29, 1.82) is 0 Å².